The summed E-state index contributed by atoms with van der Waals surface area (Å²) in [6, 6.07) is 5.73. The van der Waals surface area contributed by atoms with Crippen LogP contribution in [0.25, 0.3) is 0 Å². The number of benzene rings is 1. The molecule has 2 aliphatic heterocycles. The van der Waals surface area contributed by atoms with E-state index in [4.69, 9.17) is 9.47 Å². The molecule has 2 atom stereocenters. The predicted octanol–water partition coefficient (Wildman–Crippen LogP) is 3.87. The normalized spacial score (nSPS) is 25.3. The number of hydrogen-bond donors (Lipinski definition) is 1. The van der Waals surface area contributed by atoms with E-state index in [1.165, 1.54) is 25.7 Å². The van der Waals surface area contributed by atoms with Crippen LogP contribution in [0.15, 0.2) is 18.2 Å². The molecule has 2 heterocycles. The molecule has 0 saturated carbocycles. The number of methoxy groups -OCH3 is 2. The number of ether oxygens (including phenoxy) is 2. The van der Waals surface area contributed by atoms with Gasteiger partial charge in [-0.25, -0.2) is 0 Å². The Morgan fingerprint density at radius 1 is 1.19 bits per heavy atom. The van der Waals surface area contributed by atoms with E-state index in [0.717, 1.165) is 13.0 Å². The minimum absolute atomic E-state index is 0.0697. The van der Waals surface area contributed by atoms with Gasteiger partial charge in [-0.05, 0) is 56.2 Å². The molecule has 0 aromatic heterocycles. The fourth-order valence-electron chi connectivity index (χ4n) is 5.12. The van der Waals surface area contributed by atoms with Crippen molar-refractivity contribution in [2.45, 2.75) is 64.5 Å². The number of nitrogens with zero attached hydrogens (tertiary/aromatic N) is 1. The summed E-state index contributed by atoms with van der Waals surface area (Å²) < 4.78 is 10.5. The van der Waals surface area contributed by atoms with E-state index < -0.39 is 0 Å². The molecule has 150 valence electrons. The van der Waals surface area contributed by atoms with Crippen molar-refractivity contribution >= 4 is 5.91 Å². The lowest BCUT2D eigenvalue weighted by atomic mass is 9.77. The number of carbonyl (C=O) groups excluding carboxylic acids is 1. The summed E-state index contributed by atoms with van der Waals surface area (Å²) >= 11 is 0. The van der Waals surface area contributed by atoms with Crippen molar-refractivity contribution in [1.82, 2.24) is 10.2 Å². The number of hydrogen-bond acceptors (Lipinski definition) is 4. The van der Waals surface area contributed by atoms with Gasteiger partial charge in [0.1, 0.15) is 11.5 Å². The zero-order chi connectivity index (χ0) is 19.7. The third-order valence-corrected chi connectivity index (χ3v) is 6.01. The van der Waals surface area contributed by atoms with E-state index in [1.807, 2.05) is 0 Å². The maximum atomic E-state index is 12.7. The Balaban J connectivity index is 1.65. The summed E-state index contributed by atoms with van der Waals surface area (Å²) in [4.78, 5) is 15.4. The van der Waals surface area contributed by atoms with Gasteiger partial charge in [0.2, 0.25) is 0 Å². The van der Waals surface area contributed by atoms with Gasteiger partial charge in [-0.2, -0.15) is 0 Å². The zero-order valence-corrected chi connectivity index (χ0v) is 17.4. The Morgan fingerprint density at radius 2 is 1.85 bits per heavy atom. The summed E-state index contributed by atoms with van der Waals surface area (Å²) in [5, 5.41) is 3.14. The molecule has 0 spiro atoms. The molecule has 1 amide bonds. The fourth-order valence-corrected chi connectivity index (χ4v) is 5.12. The van der Waals surface area contributed by atoms with Crippen molar-refractivity contribution in [3.63, 3.8) is 0 Å². The minimum atomic E-state index is -0.0697. The summed E-state index contributed by atoms with van der Waals surface area (Å²) in [5.74, 6) is 1.19. The smallest absolute Gasteiger partial charge is 0.251 e. The van der Waals surface area contributed by atoms with Gasteiger partial charge in [-0.15, -0.1) is 0 Å². The summed E-state index contributed by atoms with van der Waals surface area (Å²) in [7, 11) is 3.19. The van der Waals surface area contributed by atoms with E-state index in [2.05, 4.69) is 31.0 Å². The van der Waals surface area contributed by atoms with Crippen molar-refractivity contribution in [3.8, 4) is 11.5 Å². The number of carbonyl (C=O) groups is 1. The van der Waals surface area contributed by atoms with Crippen LogP contribution >= 0.6 is 0 Å². The quantitative estimate of drug-likeness (QED) is 0.821. The van der Waals surface area contributed by atoms with E-state index in [-0.39, 0.29) is 5.91 Å². The third kappa shape index (κ3) is 4.40. The average Bonchev–Trinajstić information content (AvgIpc) is 3.16. The van der Waals surface area contributed by atoms with Gasteiger partial charge in [0.25, 0.3) is 5.91 Å². The molecule has 1 aromatic rings. The van der Waals surface area contributed by atoms with Crippen LogP contribution in [0.2, 0.25) is 0 Å². The van der Waals surface area contributed by atoms with Crippen LogP contribution in [0, 0.1) is 5.41 Å². The third-order valence-electron chi connectivity index (χ3n) is 6.01. The highest BCUT2D eigenvalue weighted by Crippen LogP contribution is 2.48. The standard InChI is InChI=1S/C22H34N2O3/c1-21(2,3)15-22-8-6-10-24(22)17(7-9-22)14-23-20(25)16-11-18(26-4)13-19(12-16)27-5/h11-13,17H,6-10,14-15H2,1-5H3,(H,23,25)/t17-,22-/m1/s1. The number of fused-ring (bicyclic) bond motifs is 1. The van der Waals surface area contributed by atoms with Crippen LogP contribution in [-0.2, 0) is 0 Å². The molecule has 0 radical (unpaired) electrons. The van der Waals surface area contributed by atoms with Gasteiger partial charge in [0, 0.05) is 29.8 Å². The lowest BCUT2D eigenvalue weighted by Gasteiger charge is -2.39. The van der Waals surface area contributed by atoms with Crippen molar-refractivity contribution in [1.29, 1.82) is 0 Å². The molecule has 1 aromatic carbocycles. The van der Waals surface area contributed by atoms with Crippen LogP contribution in [0.5, 0.6) is 11.5 Å². The van der Waals surface area contributed by atoms with Crippen LogP contribution in [0.1, 0.15) is 63.2 Å². The van der Waals surface area contributed by atoms with Gasteiger partial charge in [-0.1, -0.05) is 20.8 Å². The fraction of sp³-hybridized carbons (Fsp3) is 0.682. The second-order valence-electron chi connectivity index (χ2n) is 9.26. The molecule has 5 nitrogen and oxygen atoms in total. The second kappa shape index (κ2) is 7.70. The molecule has 0 bridgehead atoms. The monoisotopic (exact) mass is 374 g/mol. The highest BCUT2D eigenvalue weighted by atomic mass is 16.5. The van der Waals surface area contributed by atoms with E-state index in [0.29, 0.717) is 40.6 Å². The Bertz CT molecular complexity index is 660. The largest absolute Gasteiger partial charge is 0.497 e. The molecule has 1 N–H and O–H groups in total. The molecular formula is C22H34N2O3. The number of amides is 1. The average molecular weight is 375 g/mol. The molecule has 2 saturated heterocycles. The van der Waals surface area contributed by atoms with Crippen molar-refractivity contribution in [2.24, 2.45) is 5.41 Å². The van der Waals surface area contributed by atoms with Gasteiger partial charge < -0.3 is 14.8 Å². The van der Waals surface area contributed by atoms with Gasteiger partial charge in [0.15, 0.2) is 0 Å². The van der Waals surface area contributed by atoms with Gasteiger partial charge in [0.05, 0.1) is 14.2 Å². The molecular weight excluding hydrogens is 340 g/mol. The molecule has 5 heteroatoms. The minimum Gasteiger partial charge on any atom is -0.497 e. The molecule has 27 heavy (non-hydrogen) atoms. The van der Waals surface area contributed by atoms with Crippen LogP contribution in [0.4, 0.5) is 0 Å². The summed E-state index contributed by atoms with van der Waals surface area (Å²) in [6.45, 7) is 8.87. The van der Waals surface area contributed by atoms with Gasteiger partial charge in [-0.3, -0.25) is 9.69 Å². The SMILES string of the molecule is COc1cc(OC)cc(C(=O)NC[C@H]2CC[C@@]3(CC(C)(C)C)CCCN23)c1. The first kappa shape index (κ1) is 20.0. The summed E-state index contributed by atoms with van der Waals surface area (Å²) in [5.41, 5.74) is 1.25. The molecule has 0 unspecified atom stereocenters. The first-order valence-corrected chi connectivity index (χ1v) is 10.0. The van der Waals surface area contributed by atoms with Crippen molar-refractivity contribution in [3.05, 3.63) is 23.8 Å². The first-order valence-electron chi connectivity index (χ1n) is 10.0. The Hall–Kier alpha value is -1.75. The second-order valence-corrected chi connectivity index (χ2v) is 9.26. The van der Waals surface area contributed by atoms with Crippen molar-refractivity contribution < 1.29 is 14.3 Å². The van der Waals surface area contributed by atoms with Crippen LogP contribution < -0.4 is 14.8 Å². The highest BCUT2D eigenvalue weighted by Gasteiger charge is 2.50. The lowest BCUT2D eigenvalue weighted by molar-refractivity contribution is 0.0873. The van der Waals surface area contributed by atoms with E-state index in [9.17, 15) is 4.79 Å². The Morgan fingerprint density at radius 3 is 2.44 bits per heavy atom. The Labute approximate surface area is 163 Å². The Kier molecular flexibility index (Phi) is 5.71. The first-order chi connectivity index (χ1) is 12.8. The maximum absolute atomic E-state index is 12.7. The molecule has 2 aliphatic rings. The number of nitrogens with one attached hydrogen (secondary N) is 1. The lowest BCUT2D eigenvalue weighted by Crippen LogP contribution is -2.48. The number of rotatable bonds is 6. The maximum Gasteiger partial charge on any atom is 0.251 e. The highest BCUT2D eigenvalue weighted by molar-refractivity contribution is 5.95. The van der Waals surface area contributed by atoms with E-state index in [1.54, 1.807) is 32.4 Å². The van der Waals surface area contributed by atoms with Gasteiger partial charge >= 0.3 is 0 Å². The predicted molar refractivity (Wildman–Crippen MR) is 108 cm³/mol. The summed E-state index contributed by atoms with van der Waals surface area (Å²) in [6.07, 6.45) is 6.21. The van der Waals surface area contributed by atoms with Crippen LogP contribution in [0.3, 0.4) is 0 Å². The molecule has 2 fully saturated rings. The topological polar surface area (TPSA) is 50.8 Å². The van der Waals surface area contributed by atoms with Crippen molar-refractivity contribution in [2.75, 3.05) is 27.3 Å². The zero-order valence-electron chi connectivity index (χ0n) is 17.4. The van der Waals surface area contributed by atoms with Crippen LogP contribution in [-0.4, -0.2) is 49.7 Å². The molecule has 3 rings (SSSR count). The van der Waals surface area contributed by atoms with E-state index >= 15 is 0 Å². The molecule has 0 aliphatic carbocycles.